The Morgan fingerprint density at radius 1 is 1.69 bits per heavy atom. The Hall–Kier alpha value is -0.410. The molecule has 0 bridgehead atoms. The van der Waals surface area contributed by atoms with E-state index < -0.39 is 0 Å². The molecular weight excluding hydrogens is 180 g/mol. The molecule has 2 nitrogen and oxygen atoms in total. The number of hydrogen-bond acceptors (Lipinski definition) is 3. The van der Waals surface area contributed by atoms with Gasteiger partial charge in [0.15, 0.2) is 0 Å². The average molecular weight is 196 g/mol. The summed E-state index contributed by atoms with van der Waals surface area (Å²) in [6, 6.07) is 0. The molecule has 0 amide bonds. The van der Waals surface area contributed by atoms with Gasteiger partial charge in [0.05, 0.1) is 5.51 Å². The smallest absolute Gasteiger partial charge is 0.0794 e. The zero-order valence-electron chi connectivity index (χ0n) is 7.99. The second kappa shape index (κ2) is 4.20. The Kier molecular flexibility index (Phi) is 2.96. The van der Waals surface area contributed by atoms with Gasteiger partial charge in [-0.1, -0.05) is 13.3 Å². The van der Waals surface area contributed by atoms with Gasteiger partial charge in [0.1, 0.15) is 0 Å². The molecule has 0 aromatic carbocycles. The van der Waals surface area contributed by atoms with Crippen molar-refractivity contribution in [2.75, 3.05) is 13.1 Å². The molecule has 2 atom stereocenters. The molecule has 1 fully saturated rings. The summed E-state index contributed by atoms with van der Waals surface area (Å²) in [5, 5.41) is 3.46. The van der Waals surface area contributed by atoms with Gasteiger partial charge in [-0.05, 0) is 25.4 Å². The van der Waals surface area contributed by atoms with Crippen molar-refractivity contribution in [3.8, 4) is 0 Å². The molecule has 1 aromatic heterocycles. The third kappa shape index (κ3) is 1.92. The number of rotatable bonds is 2. The molecule has 2 heterocycles. The van der Waals surface area contributed by atoms with Crippen molar-refractivity contribution in [1.82, 2.24) is 10.3 Å². The molecule has 0 radical (unpaired) electrons. The molecule has 1 N–H and O–H groups in total. The number of hydrogen-bond donors (Lipinski definition) is 1. The third-order valence-electron chi connectivity index (χ3n) is 2.95. The fraction of sp³-hybridized carbons (Fsp3) is 0.700. The van der Waals surface area contributed by atoms with Gasteiger partial charge >= 0.3 is 0 Å². The molecular formula is C10H16N2S. The molecule has 0 spiro atoms. The first-order chi connectivity index (χ1) is 6.42. The maximum Gasteiger partial charge on any atom is 0.0794 e. The zero-order chi connectivity index (χ0) is 9.10. The van der Waals surface area contributed by atoms with E-state index in [9.17, 15) is 0 Å². The Bertz CT molecular complexity index is 245. The normalized spacial score (nSPS) is 29.0. The second-order valence-electron chi connectivity index (χ2n) is 3.67. The van der Waals surface area contributed by atoms with Crippen LogP contribution in [-0.2, 0) is 0 Å². The van der Waals surface area contributed by atoms with Crippen LogP contribution in [0.15, 0.2) is 11.7 Å². The molecule has 13 heavy (non-hydrogen) atoms. The second-order valence-corrected chi connectivity index (χ2v) is 4.59. The van der Waals surface area contributed by atoms with Crippen molar-refractivity contribution in [1.29, 1.82) is 0 Å². The van der Waals surface area contributed by atoms with Gasteiger partial charge in [0, 0.05) is 17.0 Å². The van der Waals surface area contributed by atoms with Crippen LogP contribution in [0.3, 0.4) is 0 Å². The van der Waals surface area contributed by atoms with E-state index in [0.29, 0.717) is 0 Å². The highest BCUT2D eigenvalue weighted by Crippen LogP contribution is 2.33. The minimum absolute atomic E-state index is 0.763. The molecule has 2 rings (SSSR count). The highest BCUT2D eigenvalue weighted by Gasteiger charge is 2.25. The van der Waals surface area contributed by atoms with E-state index in [1.54, 1.807) is 0 Å². The first-order valence-corrected chi connectivity index (χ1v) is 5.89. The average Bonchev–Trinajstić information content (AvgIpc) is 2.70. The van der Waals surface area contributed by atoms with Gasteiger partial charge in [-0.25, -0.2) is 0 Å². The largest absolute Gasteiger partial charge is 0.316 e. The van der Waals surface area contributed by atoms with E-state index in [-0.39, 0.29) is 0 Å². The molecule has 1 saturated heterocycles. The van der Waals surface area contributed by atoms with Crippen LogP contribution in [0.5, 0.6) is 0 Å². The molecule has 72 valence electrons. The zero-order valence-corrected chi connectivity index (χ0v) is 8.81. The van der Waals surface area contributed by atoms with Gasteiger partial charge in [0.2, 0.25) is 0 Å². The van der Waals surface area contributed by atoms with E-state index in [0.717, 1.165) is 11.8 Å². The predicted molar refractivity (Wildman–Crippen MR) is 56.1 cm³/mol. The summed E-state index contributed by atoms with van der Waals surface area (Å²) in [7, 11) is 0. The fourth-order valence-electron chi connectivity index (χ4n) is 2.14. The fourth-order valence-corrected chi connectivity index (χ4v) is 2.99. The lowest BCUT2D eigenvalue weighted by Crippen LogP contribution is -2.34. The quantitative estimate of drug-likeness (QED) is 0.784. The third-order valence-corrected chi connectivity index (χ3v) is 3.86. The number of nitrogens with zero attached hydrogens (tertiary/aromatic N) is 1. The predicted octanol–water partition coefficient (Wildman–Crippen LogP) is 2.25. The summed E-state index contributed by atoms with van der Waals surface area (Å²) in [5.74, 6) is 1.58. The first-order valence-electron chi connectivity index (χ1n) is 5.01. The topological polar surface area (TPSA) is 24.9 Å². The maximum absolute atomic E-state index is 4.16. The molecule has 1 aliphatic rings. The van der Waals surface area contributed by atoms with Crippen molar-refractivity contribution < 1.29 is 0 Å². The van der Waals surface area contributed by atoms with Crippen LogP contribution in [0.2, 0.25) is 0 Å². The lowest BCUT2D eigenvalue weighted by Gasteiger charge is -2.30. The highest BCUT2D eigenvalue weighted by atomic mass is 32.1. The minimum Gasteiger partial charge on any atom is -0.316 e. The summed E-state index contributed by atoms with van der Waals surface area (Å²) in [5.41, 5.74) is 1.95. The Labute approximate surface area is 83.4 Å². The molecule has 1 aromatic rings. The number of piperidine rings is 1. The Morgan fingerprint density at radius 2 is 2.62 bits per heavy atom. The molecule has 2 unspecified atom stereocenters. The van der Waals surface area contributed by atoms with Crippen LogP contribution in [0.25, 0.3) is 0 Å². The van der Waals surface area contributed by atoms with Gasteiger partial charge in [0.25, 0.3) is 0 Å². The maximum atomic E-state index is 4.16. The van der Waals surface area contributed by atoms with Gasteiger partial charge in [-0.15, -0.1) is 11.3 Å². The molecule has 0 aliphatic carbocycles. The summed E-state index contributed by atoms with van der Waals surface area (Å²) < 4.78 is 0. The number of aromatic nitrogens is 1. The molecule has 3 heteroatoms. The van der Waals surface area contributed by atoms with Gasteiger partial charge in [-0.3, -0.25) is 4.98 Å². The first kappa shape index (κ1) is 9.16. The summed E-state index contributed by atoms with van der Waals surface area (Å²) >= 11 is 1.81. The highest BCUT2D eigenvalue weighted by molar-refractivity contribution is 7.09. The van der Waals surface area contributed by atoms with E-state index >= 15 is 0 Å². The number of thiazole rings is 1. The van der Waals surface area contributed by atoms with Gasteiger partial charge in [-0.2, -0.15) is 0 Å². The summed E-state index contributed by atoms with van der Waals surface area (Å²) in [4.78, 5) is 5.64. The van der Waals surface area contributed by atoms with Gasteiger partial charge < -0.3 is 5.32 Å². The van der Waals surface area contributed by atoms with E-state index in [4.69, 9.17) is 0 Å². The van der Waals surface area contributed by atoms with Crippen molar-refractivity contribution >= 4 is 11.3 Å². The van der Waals surface area contributed by atoms with Crippen molar-refractivity contribution in [2.45, 2.75) is 25.7 Å². The van der Waals surface area contributed by atoms with Crippen molar-refractivity contribution in [3.63, 3.8) is 0 Å². The Morgan fingerprint density at radius 3 is 3.31 bits per heavy atom. The van der Waals surface area contributed by atoms with E-state index in [2.05, 4.69) is 17.2 Å². The SMILES string of the molecule is CCC1CNCCC1c1cncs1. The minimum atomic E-state index is 0.763. The van der Waals surface area contributed by atoms with Crippen LogP contribution >= 0.6 is 11.3 Å². The van der Waals surface area contributed by atoms with Crippen molar-refractivity contribution in [3.05, 3.63) is 16.6 Å². The van der Waals surface area contributed by atoms with E-state index in [1.807, 2.05) is 23.0 Å². The van der Waals surface area contributed by atoms with Crippen LogP contribution in [0, 0.1) is 5.92 Å². The van der Waals surface area contributed by atoms with Crippen LogP contribution in [0.1, 0.15) is 30.6 Å². The van der Waals surface area contributed by atoms with Crippen LogP contribution in [0.4, 0.5) is 0 Å². The lowest BCUT2D eigenvalue weighted by molar-refractivity contribution is 0.321. The Balaban J connectivity index is 2.11. The number of nitrogens with one attached hydrogen (secondary N) is 1. The van der Waals surface area contributed by atoms with Crippen LogP contribution < -0.4 is 5.32 Å². The van der Waals surface area contributed by atoms with E-state index in [1.165, 1.54) is 30.8 Å². The summed E-state index contributed by atoms with van der Waals surface area (Å²) in [6.07, 6.45) is 4.60. The molecule has 1 aliphatic heterocycles. The standard InChI is InChI=1S/C10H16N2S/c1-2-8-5-11-4-3-9(8)10-6-12-7-13-10/h6-9,11H,2-5H2,1H3. The lowest BCUT2D eigenvalue weighted by atomic mass is 9.84. The molecule has 0 saturated carbocycles. The van der Waals surface area contributed by atoms with Crippen molar-refractivity contribution in [2.24, 2.45) is 5.92 Å². The van der Waals surface area contributed by atoms with Crippen LogP contribution in [-0.4, -0.2) is 18.1 Å². The summed E-state index contributed by atoms with van der Waals surface area (Å²) in [6.45, 7) is 4.63. The monoisotopic (exact) mass is 196 g/mol.